The van der Waals surface area contributed by atoms with E-state index < -0.39 is 0 Å². The summed E-state index contributed by atoms with van der Waals surface area (Å²) in [5.41, 5.74) is 5.02. The molecular formula is C22H20N4O2. The monoisotopic (exact) mass is 372 g/mol. The van der Waals surface area contributed by atoms with E-state index in [9.17, 15) is 4.79 Å². The molecule has 3 aromatic carbocycles. The number of hydrogen-bond donors (Lipinski definition) is 1. The lowest BCUT2D eigenvalue weighted by Crippen LogP contribution is -2.11. The van der Waals surface area contributed by atoms with E-state index in [-0.39, 0.29) is 5.91 Å². The van der Waals surface area contributed by atoms with Crippen molar-refractivity contribution in [3.63, 3.8) is 0 Å². The second-order valence-corrected chi connectivity index (χ2v) is 6.63. The Hall–Kier alpha value is -3.67. The minimum Gasteiger partial charge on any atom is -0.497 e. The normalized spacial score (nSPS) is 10.8. The summed E-state index contributed by atoms with van der Waals surface area (Å²) in [7, 11) is 1.65. The standard InChI is InChI=1S/C22H20N4O2/c1-15-5-3-7-18(11-15)23-22(27)17-9-10-21-20(13-17)24-25-26(21)14-16-6-4-8-19(12-16)28-2/h3-13H,14H2,1-2H3,(H,23,27). The third kappa shape index (κ3) is 3.71. The van der Waals surface area contributed by atoms with E-state index in [1.165, 1.54) is 0 Å². The zero-order valence-electron chi connectivity index (χ0n) is 15.7. The first kappa shape index (κ1) is 17.7. The predicted octanol–water partition coefficient (Wildman–Crippen LogP) is 4.05. The molecule has 6 nitrogen and oxygen atoms in total. The van der Waals surface area contributed by atoms with Gasteiger partial charge < -0.3 is 10.1 Å². The summed E-state index contributed by atoms with van der Waals surface area (Å²) in [6, 6.07) is 21.0. The van der Waals surface area contributed by atoms with E-state index in [0.29, 0.717) is 17.6 Å². The van der Waals surface area contributed by atoms with Crippen LogP contribution < -0.4 is 10.1 Å². The summed E-state index contributed by atoms with van der Waals surface area (Å²) in [4.78, 5) is 12.6. The largest absolute Gasteiger partial charge is 0.497 e. The topological polar surface area (TPSA) is 69.0 Å². The molecule has 0 aliphatic carbocycles. The zero-order valence-corrected chi connectivity index (χ0v) is 15.7. The highest BCUT2D eigenvalue weighted by atomic mass is 16.5. The van der Waals surface area contributed by atoms with Gasteiger partial charge in [-0.2, -0.15) is 0 Å². The summed E-state index contributed by atoms with van der Waals surface area (Å²) in [5, 5.41) is 11.4. The first-order chi connectivity index (χ1) is 13.6. The third-order valence-electron chi connectivity index (χ3n) is 4.52. The number of hydrogen-bond acceptors (Lipinski definition) is 4. The van der Waals surface area contributed by atoms with Crippen LogP contribution in [-0.4, -0.2) is 28.0 Å². The maximum absolute atomic E-state index is 12.6. The van der Waals surface area contributed by atoms with Crippen molar-refractivity contribution in [3.05, 3.63) is 83.4 Å². The fourth-order valence-corrected chi connectivity index (χ4v) is 3.10. The highest BCUT2D eigenvalue weighted by molar-refractivity contribution is 6.05. The van der Waals surface area contributed by atoms with Crippen LogP contribution in [0.25, 0.3) is 11.0 Å². The van der Waals surface area contributed by atoms with Gasteiger partial charge in [0.2, 0.25) is 0 Å². The van der Waals surface area contributed by atoms with Crippen LogP contribution in [0.4, 0.5) is 5.69 Å². The number of aryl methyl sites for hydroxylation is 1. The van der Waals surface area contributed by atoms with E-state index in [0.717, 1.165) is 28.1 Å². The average molecular weight is 372 g/mol. The third-order valence-corrected chi connectivity index (χ3v) is 4.52. The van der Waals surface area contributed by atoms with Crippen LogP contribution >= 0.6 is 0 Å². The van der Waals surface area contributed by atoms with Crippen molar-refractivity contribution in [2.24, 2.45) is 0 Å². The molecule has 0 spiro atoms. The van der Waals surface area contributed by atoms with Crippen LogP contribution in [0.5, 0.6) is 5.75 Å². The Labute approximate surface area is 162 Å². The molecule has 0 saturated carbocycles. The second kappa shape index (κ2) is 7.52. The van der Waals surface area contributed by atoms with Gasteiger partial charge in [0, 0.05) is 11.3 Å². The van der Waals surface area contributed by atoms with E-state index in [4.69, 9.17) is 4.74 Å². The summed E-state index contributed by atoms with van der Waals surface area (Å²) in [5.74, 6) is 0.631. The molecule has 0 saturated heterocycles. The number of benzene rings is 3. The molecule has 0 aliphatic rings. The van der Waals surface area contributed by atoms with Gasteiger partial charge in [-0.05, 0) is 60.5 Å². The van der Waals surface area contributed by atoms with Gasteiger partial charge >= 0.3 is 0 Å². The molecule has 6 heteroatoms. The van der Waals surface area contributed by atoms with Gasteiger partial charge in [-0.15, -0.1) is 5.10 Å². The highest BCUT2D eigenvalue weighted by Gasteiger charge is 2.11. The summed E-state index contributed by atoms with van der Waals surface area (Å²) in [6.07, 6.45) is 0. The predicted molar refractivity (Wildman–Crippen MR) is 109 cm³/mol. The molecule has 140 valence electrons. The van der Waals surface area contributed by atoms with Crippen LogP contribution in [0.15, 0.2) is 66.7 Å². The number of aromatic nitrogens is 3. The molecule has 0 radical (unpaired) electrons. The van der Waals surface area contributed by atoms with Crippen molar-refractivity contribution < 1.29 is 9.53 Å². The number of fused-ring (bicyclic) bond motifs is 1. The number of nitrogens with one attached hydrogen (secondary N) is 1. The summed E-state index contributed by atoms with van der Waals surface area (Å²) in [6.45, 7) is 2.56. The number of nitrogens with zero attached hydrogens (tertiary/aromatic N) is 3. The molecule has 4 aromatic rings. The van der Waals surface area contributed by atoms with Gasteiger partial charge in [-0.25, -0.2) is 4.68 Å². The van der Waals surface area contributed by atoms with E-state index in [1.807, 2.05) is 66.2 Å². The lowest BCUT2D eigenvalue weighted by molar-refractivity contribution is 0.102. The van der Waals surface area contributed by atoms with Crippen LogP contribution in [-0.2, 0) is 6.54 Å². The number of ether oxygens (including phenoxy) is 1. The SMILES string of the molecule is COc1cccc(Cn2nnc3cc(C(=O)Nc4cccc(C)c4)ccc32)c1. The molecule has 1 aromatic heterocycles. The Morgan fingerprint density at radius 2 is 1.93 bits per heavy atom. The second-order valence-electron chi connectivity index (χ2n) is 6.63. The average Bonchev–Trinajstić information content (AvgIpc) is 3.10. The Bertz CT molecular complexity index is 1150. The first-order valence-electron chi connectivity index (χ1n) is 8.96. The van der Waals surface area contributed by atoms with Crippen LogP contribution in [0, 0.1) is 6.92 Å². The quantitative estimate of drug-likeness (QED) is 0.574. The van der Waals surface area contributed by atoms with E-state index in [2.05, 4.69) is 15.6 Å². The number of carbonyl (C=O) groups excluding carboxylic acids is 1. The van der Waals surface area contributed by atoms with Crippen molar-refractivity contribution in [2.45, 2.75) is 13.5 Å². The summed E-state index contributed by atoms with van der Waals surface area (Å²) < 4.78 is 7.08. The number of anilines is 1. The van der Waals surface area contributed by atoms with Crippen LogP contribution in [0.1, 0.15) is 21.5 Å². The number of rotatable bonds is 5. The van der Waals surface area contributed by atoms with Gasteiger partial charge in [-0.3, -0.25) is 4.79 Å². The smallest absolute Gasteiger partial charge is 0.255 e. The van der Waals surface area contributed by atoms with Gasteiger partial charge in [0.25, 0.3) is 5.91 Å². The number of methoxy groups -OCH3 is 1. The Kier molecular flexibility index (Phi) is 4.76. The Morgan fingerprint density at radius 1 is 1.07 bits per heavy atom. The van der Waals surface area contributed by atoms with Crippen LogP contribution in [0.3, 0.4) is 0 Å². The number of carbonyl (C=O) groups is 1. The molecule has 4 rings (SSSR count). The Morgan fingerprint density at radius 3 is 2.75 bits per heavy atom. The molecule has 0 aliphatic heterocycles. The van der Waals surface area contributed by atoms with Gasteiger partial charge in [0.1, 0.15) is 11.3 Å². The fourth-order valence-electron chi connectivity index (χ4n) is 3.10. The lowest BCUT2D eigenvalue weighted by Gasteiger charge is -2.07. The van der Waals surface area contributed by atoms with Crippen molar-refractivity contribution in [2.75, 3.05) is 12.4 Å². The fraction of sp³-hybridized carbons (Fsp3) is 0.136. The minimum atomic E-state index is -0.171. The Balaban J connectivity index is 1.56. The molecule has 0 fully saturated rings. The van der Waals surface area contributed by atoms with Crippen molar-refractivity contribution in [1.29, 1.82) is 0 Å². The van der Waals surface area contributed by atoms with Gasteiger partial charge in [-0.1, -0.05) is 29.5 Å². The maximum atomic E-state index is 12.6. The molecular weight excluding hydrogens is 352 g/mol. The zero-order chi connectivity index (χ0) is 19.5. The van der Waals surface area contributed by atoms with Crippen molar-refractivity contribution >= 4 is 22.6 Å². The molecule has 1 heterocycles. The van der Waals surface area contributed by atoms with Crippen molar-refractivity contribution in [1.82, 2.24) is 15.0 Å². The summed E-state index contributed by atoms with van der Waals surface area (Å²) >= 11 is 0. The lowest BCUT2D eigenvalue weighted by atomic mass is 10.1. The molecule has 0 atom stereocenters. The van der Waals surface area contributed by atoms with E-state index in [1.54, 1.807) is 19.2 Å². The van der Waals surface area contributed by atoms with Gasteiger partial charge in [0.15, 0.2) is 0 Å². The molecule has 1 N–H and O–H groups in total. The minimum absolute atomic E-state index is 0.171. The molecule has 0 unspecified atom stereocenters. The number of amides is 1. The molecule has 28 heavy (non-hydrogen) atoms. The first-order valence-corrected chi connectivity index (χ1v) is 8.96. The van der Waals surface area contributed by atoms with E-state index >= 15 is 0 Å². The maximum Gasteiger partial charge on any atom is 0.255 e. The van der Waals surface area contributed by atoms with Gasteiger partial charge in [0.05, 0.1) is 19.2 Å². The molecule has 0 bridgehead atoms. The molecule has 1 amide bonds. The highest BCUT2D eigenvalue weighted by Crippen LogP contribution is 2.19. The van der Waals surface area contributed by atoms with Crippen molar-refractivity contribution in [3.8, 4) is 5.75 Å². The van der Waals surface area contributed by atoms with Crippen LogP contribution in [0.2, 0.25) is 0 Å².